The summed E-state index contributed by atoms with van der Waals surface area (Å²) in [5.41, 5.74) is 0.947. The predicted molar refractivity (Wildman–Crippen MR) is 63.9 cm³/mol. The Kier molecular flexibility index (Phi) is 7.45. The van der Waals surface area contributed by atoms with Crippen LogP contribution >= 0.6 is 35.2 Å². The van der Waals surface area contributed by atoms with Gasteiger partial charge < -0.3 is 12.9 Å². The second kappa shape index (κ2) is 6.65. The molecule has 0 heterocycles. The van der Waals surface area contributed by atoms with E-state index in [0.717, 1.165) is 3.57 Å². The zero-order chi connectivity index (χ0) is 10.9. The second-order valence-corrected chi connectivity index (χ2v) is 4.85. The van der Waals surface area contributed by atoms with Crippen LogP contribution in [0.3, 0.4) is 0 Å². The summed E-state index contributed by atoms with van der Waals surface area (Å²) in [6, 6.07) is 3.32. The Hall–Kier alpha value is 1.79. The van der Waals surface area contributed by atoms with Crippen molar-refractivity contribution in [2.45, 2.75) is 18.1 Å². The molecule has 15 heavy (non-hydrogen) atoms. The van der Waals surface area contributed by atoms with Crippen LogP contribution in [0.15, 0.2) is 17.0 Å². The van der Waals surface area contributed by atoms with Gasteiger partial charge >= 0.3 is 58.4 Å². The average Bonchev–Trinajstić information content (AvgIpc) is 1.96. The molecule has 1 rings (SSSR count). The number of hydrogen-bond acceptors (Lipinski definition) is 1. The van der Waals surface area contributed by atoms with Gasteiger partial charge in [0.25, 0.3) is 0 Å². The first-order valence-corrected chi connectivity index (χ1v) is 5.51. The zero-order valence-corrected chi connectivity index (χ0v) is 14.6. The molecular weight excluding hydrogens is 362 g/mol. The van der Waals surface area contributed by atoms with Gasteiger partial charge in [0.15, 0.2) is 0 Å². The summed E-state index contributed by atoms with van der Waals surface area (Å²) >= 11 is 6.11. The van der Waals surface area contributed by atoms with Crippen molar-refractivity contribution in [1.82, 2.24) is 0 Å². The van der Waals surface area contributed by atoms with Gasteiger partial charge in [-0.1, -0.05) is 11.9 Å². The number of thiol groups is 1. The molecule has 0 amide bonds. The van der Waals surface area contributed by atoms with E-state index in [0.29, 0.717) is 16.0 Å². The van der Waals surface area contributed by atoms with Crippen molar-refractivity contribution in [3.05, 3.63) is 26.8 Å². The van der Waals surface area contributed by atoms with E-state index in [4.69, 9.17) is 0 Å². The first-order chi connectivity index (χ1) is 6.29. The Bertz CT molecular complexity index is 356. The summed E-state index contributed by atoms with van der Waals surface area (Å²) in [5.74, 6) is 0. The Balaban J connectivity index is 0.00000196. The van der Waals surface area contributed by atoms with E-state index in [2.05, 4.69) is 12.6 Å². The van der Waals surface area contributed by atoms with Crippen LogP contribution in [0.5, 0.6) is 0 Å². The van der Waals surface area contributed by atoms with Crippen LogP contribution in [-0.2, 0) is 6.32 Å². The maximum absolute atomic E-state index is 12.2. The molecule has 0 fully saturated rings. The van der Waals surface area contributed by atoms with E-state index in [1.54, 1.807) is 19.1 Å². The zero-order valence-electron chi connectivity index (χ0n) is 8.40. The summed E-state index contributed by atoms with van der Waals surface area (Å²) in [4.78, 5) is 0.618. The molecule has 0 nitrogen and oxygen atoms in total. The quantitative estimate of drug-likeness (QED) is 0.445. The fourth-order valence-corrected chi connectivity index (χ4v) is 2.40. The normalized spacial score (nSPS) is 11.1. The van der Waals surface area contributed by atoms with Gasteiger partial charge in [-0.3, -0.25) is 0 Å². The molecule has 1 aromatic rings. The van der Waals surface area contributed by atoms with Crippen molar-refractivity contribution < 1.29 is 64.3 Å². The van der Waals surface area contributed by atoms with Crippen molar-refractivity contribution in [3.8, 4) is 0 Å². The third-order valence-electron chi connectivity index (χ3n) is 1.90. The molecule has 0 spiro atoms. The average molecular weight is 370 g/mol. The molecule has 0 saturated heterocycles. The molecule has 7 heteroatoms. The van der Waals surface area contributed by atoms with Gasteiger partial charge in [0, 0.05) is 8.47 Å². The molecular formula is C8H8BF3IKS. The van der Waals surface area contributed by atoms with Crippen LogP contribution in [0.1, 0.15) is 11.1 Å². The minimum atomic E-state index is -4.77. The summed E-state index contributed by atoms with van der Waals surface area (Å²) < 4.78 is 37.4. The van der Waals surface area contributed by atoms with E-state index in [-0.39, 0.29) is 51.4 Å². The summed E-state index contributed by atoms with van der Waals surface area (Å²) in [5, 5.41) is 0. The van der Waals surface area contributed by atoms with Gasteiger partial charge in [-0.25, -0.2) is 0 Å². The van der Waals surface area contributed by atoms with Crippen molar-refractivity contribution in [2.75, 3.05) is 0 Å². The minimum absolute atomic E-state index is 0. The van der Waals surface area contributed by atoms with Gasteiger partial charge in [-0.15, -0.1) is 12.6 Å². The van der Waals surface area contributed by atoms with Gasteiger partial charge in [-0.2, -0.15) is 0 Å². The maximum Gasteiger partial charge on any atom is 1.00 e. The molecule has 0 saturated carbocycles. The second-order valence-electron chi connectivity index (χ2n) is 3.12. The van der Waals surface area contributed by atoms with Gasteiger partial charge in [-0.05, 0) is 47.2 Å². The maximum atomic E-state index is 12.2. The number of halogens is 4. The number of hydrogen-bond donors (Lipinski definition) is 1. The monoisotopic (exact) mass is 370 g/mol. The minimum Gasteiger partial charge on any atom is -0.449 e. The van der Waals surface area contributed by atoms with Gasteiger partial charge in [0.2, 0.25) is 0 Å². The molecule has 0 aliphatic heterocycles. The molecule has 78 valence electrons. The molecule has 0 bridgehead atoms. The van der Waals surface area contributed by atoms with Crippen LogP contribution in [-0.4, -0.2) is 6.98 Å². The molecule has 0 aliphatic carbocycles. The molecule has 1 aromatic carbocycles. The first kappa shape index (κ1) is 16.8. The van der Waals surface area contributed by atoms with Crippen LogP contribution in [0.2, 0.25) is 0 Å². The number of benzene rings is 1. The van der Waals surface area contributed by atoms with Gasteiger partial charge in [0.05, 0.1) is 0 Å². The third kappa shape index (κ3) is 5.78. The summed E-state index contributed by atoms with van der Waals surface area (Å²) in [7, 11) is 0. The SMILES string of the molecule is Cc1c(S)cc(I)cc1C[B-](F)(F)F.[K+]. The standard InChI is InChI=1S/C8H8BF3IS.K/c1-5-6(4-9(10,11)12)2-7(13)3-8(5)14;/h2-3,14H,4H2,1H3;/q-1;+1. The molecule has 0 atom stereocenters. The topological polar surface area (TPSA) is 0 Å². The van der Waals surface area contributed by atoms with Crippen LogP contribution in [0, 0.1) is 10.5 Å². The molecule has 0 aromatic heterocycles. The van der Waals surface area contributed by atoms with Crippen molar-refractivity contribution in [3.63, 3.8) is 0 Å². The largest absolute Gasteiger partial charge is 1.00 e. The van der Waals surface area contributed by atoms with E-state index in [1.807, 2.05) is 22.6 Å². The fraction of sp³-hybridized carbons (Fsp3) is 0.250. The van der Waals surface area contributed by atoms with E-state index >= 15 is 0 Å². The smallest absolute Gasteiger partial charge is 0.449 e. The summed E-state index contributed by atoms with van der Waals surface area (Å²) in [6.07, 6.45) is -0.823. The molecule has 0 unspecified atom stereocenters. The van der Waals surface area contributed by atoms with Crippen molar-refractivity contribution in [2.24, 2.45) is 0 Å². The van der Waals surface area contributed by atoms with E-state index in [9.17, 15) is 12.9 Å². The van der Waals surface area contributed by atoms with E-state index < -0.39 is 13.3 Å². The van der Waals surface area contributed by atoms with Crippen LogP contribution in [0.4, 0.5) is 12.9 Å². The first-order valence-electron chi connectivity index (χ1n) is 3.98. The predicted octanol–water partition coefficient (Wildman–Crippen LogP) is 0.821. The molecule has 0 aliphatic rings. The third-order valence-corrected chi connectivity index (χ3v) is 2.99. The fourth-order valence-electron chi connectivity index (χ4n) is 1.18. The Morgan fingerprint density at radius 1 is 1.33 bits per heavy atom. The molecule has 0 N–H and O–H groups in total. The number of rotatable bonds is 2. The van der Waals surface area contributed by atoms with Crippen molar-refractivity contribution in [1.29, 1.82) is 0 Å². The molecule has 0 radical (unpaired) electrons. The van der Waals surface area contributed by atoms with Crippen LogP contribution < -0.4 is 51.4 Å². The summed E-state index contributed by atoms with van der Waals surface area (Å²) in [6.45, 7) is -3.10. The Labute approximate surface area is 149 Å². The van der Waals surface area contributed by atoms with Crippen molar-refractivity contribution >= 4 is 42.2 Å². The van der Waals surface area contributed by atoms with Crippen LogP contribution in [0.25, 0.3) is 0 Å². The Morgan fingerprint density at radius 2 is 1.87 bits per heavy atom. The Morgan fingerprint density at radius 3 is 2.33 bits per heavy atom. The van der Waals surface area contributed by atoms with E-state index in [1.165, 1.54) is 0 Å². The van der Waals surface area contributed by atoms with Gasteiger partial charge in [0.1, 0.15) is 0 Å².